The number of carbonyl (C=O) groups is 2. The summed E-state index contributed by atoms with van der Waals surface area (Å²) in [5, 5.41) is 24.2. The summed E-state index contributed by atoms with van der Waals surface area (Å²) in [6, 6.07) is 0. The topological polar surface area (TPSA) is 115 Å². The number of esters is 2. The van der Waals surface area contributed by atoms with E-state index in [0.29, 0.717) is 6.61 Å². The number of fused-ring (bicyclic) bond motifs is 4. The fraction of sp³-hybridized carbons (Fsp3) is 0.917. The Hall–Kier alpha value is -1.22. The summed E-state index contributed by atoms with van der Waals surface area (Å²) < 4.78 is 23.8. The van der Waals surface area contributed by atoms with Gasteiger partial charge in [0, 0.05) is 31.1 Å². The SMILES string of the molecule is CC(=O)OC[C@@]12O[C@@H]1[C@]13[C@H](O)[C@H]2CC[C@H]1[C@]12CCCC(C)(C)[C@H]1[C@H](OC(C)=O)[C@@]3(O)OC2. The van der Waals surface area contributed by atoms with Gasteiger partial charge in [-0.1, -0.05) is 20.3 Å². The monoisotopic (exact) mass is 450 g/mol. The van der Waals surface area contributed by atoms with Crippen molar-refractivity contribution in [3.8, 4) is 0 Å². The molecule has 10 atom stereocenters. The number of rotatable bonds is 3. The van der Waals surface area contributed by atoms with Crippen LogP contribution in [0.5, 0.6) is 0 Å². The minimum atomic E-state index is -1.86. The lowest BCUT2D eigenvalue weighted by atomic mass is 9.36. The number of hydrogen-bond acceptors (Lipinski definition) is 8. The summed E-state index contributed by atoms with van der Waals surface area (Å²) in [4.78, 5) is 23.8. The van der Waals surface area contributed by atoms with Crippen LogP contribution in [-0.4, -0.2) is 65.1 Å². The van der Waals surface area contributed by atoms with Gasteiger partial charge in [0.2, 0.25) is 5.79 Å². The molecule has 3 heterocycles. The average molecular weight is 451 g/mol. The second-order valence-electron chi connectivity index (χ2n) is 11.9. The van der Waals surface area contributed by atoms with Crippen molar-refractivity contribution in [3.05, 3.63) is 0 Å². The molecule has 3 aliphatic heterocycles. The molecule has 0 amide bonds. The molecular weight excluding hydrogens is 416 g/mol. The number of hydrogen-bond donors (Lipinski definition) is 2. The number of ether oxygens (including phenoxy) is 4. The van der Waals surface area contributed by atoms with Gasteiger partial charge < -0.3 is 29.2 Å². The van der Waals surface area contributed by atoms with E-state index in [1.807, 2.05) is 0 Å². The van der Waals surface area contributed by atoms with Crippen LogP contribution in [0.4, 0.5) is 0 Å². The largest absolute Gasteiger partial charge is 0.463 e. The molecule has 0 aromatic rings. The zero-order valence-corrected chi connectivity index (χ0v) is 19.3. The molecule has 8 heteroatoms. The summed E-state index contributed by atoms with van der Waals surface area (Å²) >= 11 is 0. The first-order valence-electron chi connectivity index (χ1n) is 12.0. The Bertz CT molecular complexity index is 887. The lowest BCUT2D eigenvalue weighted by molar-refractivity contribution is -0.464. The Balaban J connectivity index is 1.53. The Morgan fingerprint density at radius 3 is 2.56 bits per heavy atom. The second kappa shape index (κ2) is 6.06. The van der Waals surface area contributed by atoms with Gasteiger partial charge in [0.05, 0.1) is 18.1 Å². The van der Waals surface area contributed by atoms with Crippen LogP contribution < -0.4 is 0 Å². The molecule has 7 fully saturated rings. The molecule has 7 aliphatic rings. The predicted octanol–water partition coefficient (Wildman–Crippen LogP) is 1.55. The molecule has 178 valence electrons. The van der Waals surface area contributed by atoms with Crippen LogP contribution in [0.1, 0.15) is 59.8 Å². The molecule has 2 N–H and O–H groups in total. The van der Waals surface area contributed by atoms with Crippen LogP contribution in [0.2, 0.25) is 0 Å². The fourth-order valence-corrected chi connectivity index (χ4v) is 9.52. The number of epoxide rings is 1. The van der Waals surface area contributed by atoms with Crippen LogP contribution in [0.3, 0.4) is 0 Å². The van der Waals surface area contributed by atoms with E-state index in [2.05, 4.69) is 13.8 Å². The lowest BCUT2D eigenvalue weighted by Crippen LogP contribution is -2.84. The van der Waals surface area contributed by atoms with Gasteiger partial charge in [0.15, 0.2) is 6.10 Å². The van der Waals surface area contributed by atoms with Crippen molar-refractivity contribution in [2.24, 2.45) is 34.0 Å². The highest BCUT2D eigenvalue weighted by Crippen LogP contribution is 2.82. The first kappa shape index (κ1) is 21.3. The molecule has 7 rings (SSSR count). The van der Waals surface area contributed by atoms with Crippen molar-refractivity contribution >= 4 is 11.9 Å². The van der Waals surface area contributed by atoms with Crippen LogP contribution in [0.15, 0.2) is 0 Å². The van der Waals surface area contributed by atoms with Gasteiger partial charge in [-0.2, -0.15) is 0 Å². The van der Waals surface area contributed by atoms with E-state index in [1.165, 1.54) is 13.8 Å². The maximum Gasteiger partial charge on any atom is 0.303 e. The van der Waals surface area contributed by atoms with Crippen molar-refractivity contribution in [2.45, 2.75) is 89.5 Å². The van der Waals surface area contributed by atoms with Crippen molar-refractivity contribution in [3.63, 3.8) is 0 Å². The number of aliphatic hydroxyl groups excluding tert-OH is 1. The van der Waals surface area contributed by atoms with Gasteiger partial charge in [-0.05, 0) is 37.0 Å². The first-order chi connectivity index (χ1) is 15.0. The highest BCUT2D eigenvalue weighted by Gasteiger charge is 2.94. The Labute approximate surface area is 187 Å². The quantitative estimate of drug-likeness (QED) is 0.492. The molecule has 3 saturated heterocycles. The van der Waals surface area contributed by atoms with Crippen molar-refractivity contribution in [1.82, 2.24) is 0 Å². The van der Waals surface area contributed by atoms with Gasteiger partial charge in [-0.3, -0.25) is 9.59 Å². The third-order valence-electron chi connectivity index (χ3n) is 10.3. The Kier molecular flexibility index (Phi) is 4.04. The molecule has 0 aromatic heterocycles. The third kappa shape index (κ3) is 2.10. The smallest absolute Gasteiger partial charge is 0.303 e. The molecule has 4 saturated carbocycles. The van der Waals surface area contributed by atoms with Gasteiger partial charge in [0.25, 0.3) is 0 Å². The molecule has 0 unspecified atom stereocenters. The Morgan fingerprint density at radius 2 is 1.88 bits per heavy atom. The van der Waals surface area contributed by atoms with Gasteiger partial charge in [-0.25, -0.2) is 0 Å². The van der Waals surface area contributed by atoms with E-state index in [9.17, 15) is 19.8 Å². The highest BCUT2D eigenvalue weighted by molar-refractivity contribution is 5.67. The summed E-state index contributed by atoms with van der Waals surface area (Å²) in [6.45, 7) is 7.55. The van der Waals surface area contributed by atoms with Crippen molar-refractivity contribution < 1.29 is 38.7 Å². The fourth-order valence-electron chi connectivity index (χ4n) is 9.52. The minimum absolute atomic E-state index is 0.0249. The van der Waals surface area contributed by atoms with Gasteiger partial charge >= 0.3 is 11.9 Å². The summed E-state index contributed by atoms with van der Waals surface area (Å²) in [5.74, 6) is -3.09. The highest BCUT2D eigenvalue weighted by atomic mass is 16.7. The number of aliphatic hydroxyl groups is 2. The summed E-state index contributed by atoms with van der Waals surface area (Å²) in [7, 11) is 0. The second-order valence-corrected chi connectivity index (χ2v) is 11.9. The van der Waals surface area contributed by atoms with E-state index in [0.717, 1.165) is 32.1 Å². The van der Waals surface area contributed by atoms with E-state index in [4.69, 9.17) is 18.9 Å². The summed E-state index contributed by atoms with van der Waals surface area (Å²) in [6.07, 6.45) is 2.21. The molecule has 0 aromatic carbocycles. The van der Waals surface area contributed by atoms with E-state index >= 15 is 0 Å². The lowest BCUT2D eigenvalue weighted by Gasteiger charge is -2.75. The molecule has 2 spiro atoms. The molecular formula is C24H34O8. The van der Waals surface area contributed by atoms with Crippen LogP contribution in [0, 0.1) is 34.0 Å². The summed E-state index contributed by atoms with van der Waals surface area (Å²) in [5.41, 5.74) is -2.40. The minimum Gasteiger partial charge on any atom is -0.463 e. The van der Waals surface area contributed by atoms with E-state index in [-0.39, 0.29) is 35.2 Å². The predicted molar refractivity (Wildman–Crippen MR) is 109 cm³/mol. The van der Waals surface area contributed by atoms with Gasteiger partial charge in [-0.15, -0.1) is 0 Å². The zero-order chi connectivity index (χ0) is 22.9. The average Bonchev–Trinajstić information content (AvgIpc) is 3.40. The zero-order valence-electron chi connectivity index (χ0n) is 19.3. The normalized spacial score (nSPS) is 55.9. The molecule has 0 radical (unpaired) electrons. The van der Waals surface area contributed by atoms with E-state index in [1.54, 1.807) is 0 Å². The molecule has 4 bridgehead atoms. The Morgan fingerprint density at radius 1 is 1.12 bits per heavy atom. The first-order valence-corrected chi connectivity index (χ1v) is 12.0. The maximum atomic E-state index is 12.4. The van der Waals surface area contributed by atoms with Crippen LogP contribution in [-0.2, 0) is 28.5 Å². The van der Waals surface area contributed by atoms with Crippen molar-refractivity contribution in [2.75, 3.05) is 13.2 Å². The standard InChI is InChI=1S/C24H34O8/c1-12(25)29-11-22-14-6-7-15-21-9-5-8-20(3,4)16(21)18(31-13(2)26)24(28,30-10-21)23(15,17(14)27)19(22)32-22/h14-19,27-28H,5-11H2,1-4H3/t14-,15+,16-,17-,18+,19+,21-,22+,23-,24-/m1/s1. The molecule has 4 aliphatic carbocycles. The number of carbonyl (C=O) groups excluding carboxylic acids is 2. The third-order valence-corrected chi connectivity index (χ3v) is 10.3. The van der Waals surface area contributed by atoms with Gasteiger partial charge in [0.1, 0.15) is 18.3 Å². The van der Waals surface area contributed by atoms with Crippen molar-refractivity contribution in [1.29, 1.82) is 0 Å². The van der Waals surface area contributed by atoms with Crippen LogP contribution >= 0.6 is 0 Å². The molecule has 8 nitrogen and oxygen atoms in total. The van der Waals surface area contributed by atoms with Crippen LogP contribution in [0.25, 0.3) is 0 Å². The maximum absolute atomic E-state index is 12.4. The van der Waals surface area contributed by atoms with E-state index < -0.39 is 47.1 Å². The molecule has 32 heavy (non-hydrogen) atoms.